The molecule has 0 radical (unpaired) electrons. The minimum atomic E-state index is 0.0161. The third-order valence-electron chi connectivity index (χ3n) is 5.40. The van der Waals surface area contributed by atoms with Gasteiger partial charge in [-0.05, 0) is 12.1 Å². The summed E-state index contributed by atoms with van der Waals surface area (Å²) in [6.07, 6.45) is 2.02. The first-order chi connectivity index (χ1) is 13.9. The van der Waals surface area contributed by atoms with Crippen molar-refractivity contribution in [3.63, 3.8) is 0 Å². The van der Waals surface area contributed by atoms with Gasteiger partial charge < -0.3 is 14.8 Å². The van der Waals surface area contributed by atoms with Gasteiger partial charge in [-0.15, -0.1) is 5.10 Å². The summed E-state index contributed by atoms with van der Waals surface area (Å²) in [6, 6.07) is 9.91. The number of benzene rings is 1. The molecule has 0 bridgehead atoms. The maximum absolute atomic E-state index is 12.9. The number of carbonyl (C=O) groups excluding carboxylic acids is 1. The summed E-state index contributed by atoms with van der Waals surface area (Å²) in [6.45, 7) is 9.38. The molecule has 7 nitrogen and oxygen atoms in total. The molecule has 0 saturated carbocycles. The van der Waals surface area contributed by atoms with Crippen LogP contribution in [-0.4, -0.2) is 56.6 Å². The van der Waals surface area contributed by atoms with Crippen LogP contribution in [-0.2, 0) is 5.41 Å². The number of nitrogens with zero attached hydrogens (tertiary/aromatic N) is 5. The molecular weight excluding hydrogens is 384 g/mol. The van der Waals surface area contributed by atoms with E-state index in [1.54, 1.807) is 11.3 Å². The molecule has 1 aliphatic rings. The highest BCUT2D eigenvalue weighted by atomic mass is 32.1. The number of anilines is 1. The number of hydrogen-bond acceptors (Lipinski definition) is 5. The Balaban J connectivity index is 1.28. The van der Waals surface area contributed by atoms with E-state index in [0.29, 0.717) is 18.8 Å². The van der Waals surface area contributed by atoms with Gasteiger partial charge in [-0.25, -0.2) is 9.50 Å². The molecule has 1 aliphatic heterocycles. The van der Waals surface area contributed by atoms with Gasteiger partial charge in [0.2, 0.25) is 10.1 Å². The van der Waals surface area contributed by atoms with Crippen molar-refractivity contribution < 1.29 is 4.79 Å². The van der Waals surface area contributed by atoms with Crippen molar-refractivity contribution in [1.29, 1.82) is 0 Å². The Morgan fingerprint density at radius 3 is 2.59 bits per heavy atom. The van der Waals surface area contributed by atoms with E-state index in [2.05, 4.69) is 30.7 Å². The van der Waals surface area contributed by atoms with E-state index in [4.69, 9.17) is 10.1 Å². The van der Waals surface area contributed by atoms with Crippen molar-refractivity contribution in [1.82, 2.24) is 24.5 Å². The van der Waals surface area contributed by atoms with E-state index in [1.165, 1.54) is 0 Å². The third kappa shape index (κ3) is 3.27. The molecular formula is C21H24N6OS. The van der Waals surface area contributed by atoms with E-state index >= 15 is 0 Å². The van der Waals surface area contributed by atoms with Gasteiger partial charge >= 0.3 is 0 Å². The lowest BCUT2D eigenvalue weighted by Gasteiger charge is -2.34. The second-order valence-electron chi connectivity index (χ2n) is 8.54. The van der Waals surface area contributed by atoms with Crippen molar-refractivity contribution in [3.8, 4) is 0 Å². The van der Waals surface area contributed by atoms with Gasteiger partial charge in [0.25, 0.3) is 5.91 Å². The monoisotopic (exact) mass is 408 g/mol. The van der Waals surface area contributed by atoms with Crippen LogP contribution < -0.4 is 4.90 Å². The second-order valence-corrected chi connectivity index (χ2v) is 9.47. The molecule has 1 saturated heterocycles. The quantitative estimate of drug-likeness (QED) is 0.551. The lowest BCUT2D eigenvalue weighted by molar-refractivity contribution is 0.0742. The Kier molecular flexibility index (Phi) is 4.13. The van der Waals surface area contributed by atoms with Gasteiger partial charge in [-0.3, -0.25) is 4.79 Å². The molecule has 4 aromatic rings. The van der Waals surface area contributed by atoms with Gasteiger partial charge in [0.15, 0.2) is 0 Å². The zero-order chi connectivity index (χ0) is 20.2. The van der Waals surface area contributed by atoms with Gasteiger partial charge in [-0.1, -0.05) is 50.3 Å². The fraction of sp³-hybridized carbons (Fsp3) is 0.381. The molecule has 29 heavy (non-hydrogen) atoms. The molecule has 150 valence electrons. The maximum atomic E-state index is 12.9. The minimum absolute atomic E-state index is 0.0161. The largest absolute Gasteiger partial charge is 0.351 e. The number of rotatable bonds is 2. The van der Waals surface area contributed by atoms with E-state index in [1.807, 2.05) is 45.9 Å². The Morgan fingerprint density at radius 1 is 1.14 bits per heavy atom. The summed E-state index contributed by atoms with van der Waals surface area (Å²) in [4.78, 5) is 25.9. The molecule has 1 amide bonds. The van der Waals surface area contributed by atoms with Crippen LogP contribution in [0.25, 0.3) is 15.9 Å². The molecule has 1 aromatic carbocycles. The molecule has 0 unspecified atom stereocenters. The highest BCUT2D eigenvalue weighted by molar-refractivity contribution is 7.20. The summed E-state index contributed by atoms with van der Waals surface area (Å²) in [5, 5.41) is 6.75. The van der Waals surface area contributed by atoms with Crippen molar-refractivity contribution in [3.05, 3.63) is 47.9 Å². The standard InChI is InChI=1S/C21H24N6OS/c1-21(2,3)17-13-27-19(23-17)29-20(24-27)26-10-8-25(9-11-26)18(28)16-12-14-6-4-5-7-15(14)22-16/h4-7,12-13,22H,8-11H2,1-3H3. The first kappa shape index (κ1) is 18.2. The number of hydrogen-bond donors (Lipinski definition) is 1. The Labute approximate surface area is 173 Å². The van der Waals surface area contributed by atoms with E-state index in [0.717, 1.165) is 39.8 Å². The van der Waals surface area contributed by atoms with Gasteiger partial charge in [-0.2, -0.15) is 0 Å². The first-order valence-corrected chi connectivity index (χ1v) is 10.7. The molecule has 0 spiro atoms. The minimum Gasteiger partial charge on any atom is -0.351 e. The van der Waals surface area contributed by atoms with Crippen molar-refractivity contribution in [2.45, 2.75) is 26.2 Å². The molecule has 8 heteroatoms. The third-order valence-corrected chi connectivity index (χ3v) is 6.38. The fourth-order valence-corrected chi connectivity index (χ4v) is 4.57. The van der Waals surface area contributed by atoms with Gasteiger partial charge in [0.05, 0.1) is 11.9 Å². The predicted molar refractivity (Wildman–Crippen MR) is 116 cm³/mol. The number of H-pyrrole nitrogens is 1. The molecule has 4 heterocycles. The smallest absolute Gasteiger partial charge is 0.270 e. The number of para-hydroxylation sites is 1. The average molecular weight is 409 g/mol. The highest BCUT2D eigenvalue weighted by Gasteiger charge is 2.26. The van der Waals surface area contributed by atoms with Crippen LogP contribution in [0.2, 0.25) is 0 Å². The van der Waals surface area contributed by atoms with Crippen LogP contribution >= 0.6 is 11.3 Å². The van der Waals surface area contributed by atoms with Gasteiger partial charge in [0, 0.05) is 42.5 Å². The van der Waals surface area contributed by atoms with E-state index < -0.39 is 0 Å². The molecule has 0 atom stereocenters. The normalized spacial score (nSPS) is 15.6. The average Bonchev–Trinajstić information content (AvgIpc) is 3.39. The van der Waals surface area contributed by atoms with Crippen LogP contribution in [0, 0.1) is 0 Å². The molecule has 3 aromatic heterocycles. The number of piperazine rings is 1. The number of amides is 1. The van der Waals surface area contributed by atoms with Gasteiger partial charge in [0.1, 0.15) is 5.69 Å². The van der Waals surface area contributed by atoms with Crippen LogP contribution in [0.1, 0.15) is 37.0 Å². The Hall–Kier alpha value is -2.87. The van der Waals surface area contributed by atoms with E-state index in [9.17, 15) is 4.79 Å². The number of carbonyl (C=O) groups is 1. The predicted octanol–water partition coefficient (Wildman–Crippen LogP) is 3.53. The zero-order valence-corrected chi connectivity index (χ0v) is 17.7. The Morgan fingerprint density at radius 2 is 1.90 bits per heavy atom. The Bertz CT molecular complexity index is 1120. The first-order valence-electron chi connectivity index (χ1n) is 9.87. The maximum Gasteiger partial charge on any atom is 0.270 e. The summed E-state index contributed by atoms with van der Waals surface area (Å²) in [5.41, 5.74) is 2.72. The molecule has 1 N–H and O–H groups in total. The highest BCUT2D eigenvalue weighted by Crippen LogP contribution is 2.28. The van der Waals surface area contributed by atoms with E-state index in [-0.39, 0.29) is 11.3 Å². The number of aromatic amines is 1. The lowest BCUT2D eigenvalue weighted by Crippen LogP contribution is -2.48. The number of nitrogens with one attached hydrogen (secondary N) is 1. The topological polar surface area (TPSA) is 69.5 Å². The number of fused-ring (bicyclic) bond motifs is 2. The molecule has 0 aliphatic carbocycles. The fourth-order valence-electron chi connectivity index (χ4n) is 3.64. The van der Waals surface area contributed by atoms with Crippen LogP contribution in [0.4, 0.5) is 5.13 Å². The van der Waals surface area contributed by atoms with Crippen molar-refractivity contribution in [2.75, 3.05) is 31.1 Å². The zero-order valence-electron chi connectivity index (χ0n) is 16.8. The number of aromatic nitrogens is 4. The second kappa shape index (κ2) is 6.59. The summed E-state index contributed by atoms with van der Waals surface area (Å²) in [7, 11) is 0. The summed E-state index contributed by atoms with van der Waals surface area (Å²) < 4.78 is 1.88. The number of imidazole rings is 1. The van der Waals surface area contributed by atoms with Crippen molar-refractivity contribution in [2.24, 2.45) is 0 Å². The summed E-state index contributed by atoms with van der Waals surface area (Å²) in [5.74, 6) is 0.0598. The van der Waals surface area contributed by atoms with Crippen molar-refractivity contribution >= 4 is 38.2 Å². The molecule has 5 rings (SSSR count). The molecule has 1 fully saturated rings. The summed E-state index contributed by atoms with van der Waals surface area (Å²) >= 11 is 1.61. The van der Waals surface area contributed by atoms with Crippen LogP contribution in [0.3, 0.4) is 0 Å². The van der Waals surface area contributed by atoms with Crippen LogP contribution in [0.5, 0.6) is 0 Å². The lowest BCUT2D eigenvalue weighted by atomic mass is 9.93. The van der Waals surface area contributed by atoms with Crippen LogP contribution in [0.15, 0.2) is 36.5 Å². The SMILES string of the molecule is CC(C)(C)c1cn2nc(N3CCN(C(=O)c4cc5ccccc5[nH]4)CC3)sc2n1.